The summed E-state index contributed by atoms with van der Waals surface area (Å²) in [4.78, 5) is 12.9. The van der Waals surface area contributed by atoms with Crippen molar-refractivity contribution in [3.63, 3.8) is 0 Å². The highest BCUT2D eigenvalue weighted by atomic mass is 16.3. The summed E-state index contributed by atoms with van der Waals surface area (Å²) in [7, 11) is 0. The molecule has 0 aromatic heterocycles. The summed E-state index contributed by atoms with van der Waals surface area (Å²) in [5.41, 5.74) is 0.326. The molecule has 2 unspecified atom stereocenters. The Balaban J connectivity index is 1.67. The van der Waals surface area contributed by atoms with Crippen molar-refractivity contribution in [2.45, 2.75) is 65.7 Å². The van der Waals surface area contributed by atoms with E-state index in [0.29, 0.717) is 17.9 Å². The molecule has 0 heterocycles. The van der Waals surface area contributed by atoms with E-state index < -0.39 is 0 Å². The Morgan fingerprint density at radius 3 is 2.38 bits per heavy atom. The highest BCUT2D eigenvalue weighted by molar-refractivity contribution is 5.83. The number of aliphatic hydroxyl groups is 1. The lowest BCUT2D eigenvalue weighted by Crippen LogP contribution is -2.57. The first kappa shape index (κ1) is 15.3. The average molecular weight is 293 g/mol. The summed E-state index contributed by atoms with van der Waals surface area (Å²) in [5, 5.41) is 12.4. The van der Waals surface area contributed by atoms with Crippen LogP contribution < -0.4 is 5.32 Å². The van der Waals surface area contributed by atoms with Crippen molar-refractivity contribution in [3.8, 4) is 0 Å². The van der Waals surface area contributed by atoms with Gasteiger partial charge in [-0.1, -0.05) is 20.8 Å². The molecule has 4 bridgehead atoms. The van der Waals surface area contributed by atoms with Crippen molar-refractivity contribution >= 4 is 5.91 Å². The van der Waals surface area contributed by atoms with Gasteiger partial charge in [0.2, 0.25) is 5.91 Å². The highest BCUT2D eigenvalue weighted by Crippen LogP contribution is 2.65. The molecule has 0 radical (unpaired) electrons. The standard InChI is InChI=1S/C18H31NO2/c1-16(2,4-5-20)12-19-15(21)18-9-13-6-14(10-18)8-17(3,7-13)11-18/h13-14,20H,4-12H2,1-3H3,(H,19,21). The Hall–Kier alpha value is -0.570. The van der Waals surface area contributed by atoms with Crippen LogP contribution in [0.1, 0.15) is 65.7 Å². The van der Waals surface area contributed by atoms with Crippen LogP contribution in [-0.2, 0) is 4.79 Å². The van der Waals surface area contributed by atoms with Gasteiger partial charge in [-0.3, -0.25) is 4.79 Å². The quantitative estimate of drug-likeness (QED) is 0.818. The maximum Gasteiger partial charge on any atom is 0.226 e. The fourth-order valence-electron chi connectivity index (χ4n) is 5.88. The number of carbonyl (C=O) groups excluding carboxylic acids is 1. The topological polar surface area (TPSA) is 49.3 Å². The lowest BCUT2D eigenvalue weighted by Gasteiger charge is -2.60. The Morgan fingerprint density at radius 1 is 1.24 bits per heavy atom. The normalized spacial score (nSPS) is 41.3. The molecule has 21 heavy (non-hydrogen) atoms. The third kappa shape index (κ3) is 2.86. The van der Waals surface area contributed by atoms with E-state index >= 15 is 0 Å². The van der Waals surface area contributed by atoms with Gasteiger partial charge in [-0.25, -0.2) is 0 Å². The number of aliphatic hydroxyl groups excluding tert-OH is 1. The Bertz CT molecular complexity index is 415. The molecule has 3 heteroatoms. The molecule has 4 aliphatic rings. The van der Waals surface area contributed by atoms with Gasteiger partial charge in [0.05, 0.1) is 5.41 Å². The number of nitrogens with one attached hydrogen (secondary N) is 1. The SMILES string of the molecule is CC(C)(CCO)CNC(=O)C12CC3CC(CC(C)(C3)C1)C2. The molecular formula is C18H31NO2. The Kier molecular flexibility index (Phi) is 3.63. The molecule has 2 N–H and O–H groups in total. The summed E-state index contributed by atoms with van der Waals surface area (Å²) >= 11 is 0. The second-order valence-electron chi connectivity index (χ2n) is 9.37. The van der Waals surface area contributed by atoms with Gasteiger partial charge >= 0.3 is 0 Å². The zero-order valence-electron chi connectivity index (χ0n) is 13.9. The first-order chi connectivity index (χ1) is 9.76. The lowest BCUT2D eigenvalue weighted by atomic mass is 9.44. The molecule has 3 nitrogen and oxygen atoms in total. The van der Waals surface area contributed by atoms with Crippen molar-refractivity contribution in [1.29, 1.82) is 0 Å². The predicted octanol–water partition coefficient (Wildman–Crippen LogP) is 3.12. The molecule has 0 aromatic rings. The van der Waals surface area contributed by atoms with Crippen molar-refractivity contribution in [2.24, 2.45) is 28.1 Å². The van der Waals surface area contributed by atoms with Gasteiger partial charge in [-0.05, 0) is 67.6 Å². The summed E-state index contributed by atoms with van der Waals surface area (Å²) < 4.78 is 0. The monoisotopic (exact) mass is 293 g/mol. The first-order valence-electron chi connectivity index (χ1n) is 8.65. The summed E-state index contributed by atoms with van der Waals surface area (Å²) in [6.45, 7) is 7.51. The fraction of sp³-hybridized carbons (Fsp3) is 0.944. The van der Waals surface area contributed by atoms with Gasteiger partial charge in [0.25, 0.3) is 0 Å². The van der Waals surface area contributed by atoms with Crippen LogP contribution in [0.25, 0.3) is 0 Å². The molecule has 4 aliphatic carbocycles. The summed E-state index contributed by atoms with van der Waals surface area (Å²) in [5.74, 6) is 1.87. The first-order valence-corrected chi connectivity index (χ1v) is 8.65. The molecular weight excluding hydrogens is 262 g/mol. The zero-order chi connectivity index (χ0) is 15.3. The molecule has 0 aromatic carbocycles. The van der Waals surface area contributed by atoms with Crippen LogP contribution in [0.3, 0.4) is 0 Å². The predicted molar refractivity (Wildman–Crippen MR) is 83.7 cm³/mol. The van der Waals surface area contributed by atoms with Gasteiger partial charge in [-0.2, -0.15) is 0 Å². The third-order valence-electron chi connectivity index (χ3n) is 6.35. The molecule has 0 saturated heterocycles. The highest BCUT2D eigenvalue weighted by Gasteiger charge is 2.58. The van der Waals surface area contributed by atoms with Crippen LogP contribution in [0.2, 0.25) is 0 Å². The van der Waals surface area contributed by atoms with Crippen molar-refractivity contribution < 1.29 is 9.90 Å². The van der Waals surface area contributed by atoms with E-state index in [9.17, 15) is 4.79 Å². The van der Waals surface area contributed by atoms with Gasteiger partial charge in [0, 0.05) is 13.2 Å². The average Bonchev–Trinajstić information content (AvgIpc) is 2.32. The number of hydrogen-bond acceptors (Lipinski definition) is 2. The summed E-state index contributed by atoms with van der Waals surface area (Å²) in [6, 6.07) is 0. The fourth-order valence-corrected chi connectivity index (χ4v) is 5.88. The number of rotatable bonds is 5. The molecule has 120 valence electrons. The Labute approximate surface area is 128 Å². The maximum absolute atomic E-state index is 12.9. The van der Waals surface area contributed by atoms with Crippen molar-refractivity contribution in [2.75, 3.05) is 13.2 Å². The van der Waals surface area contributed by atoms with E-state index in [4.69, 9.17) is 5.11 Å². The van der Waals surface area contributed by atoms with Gasteiger partial charge in [0.1, 0.15) is 0 Å². The largest absolute Gasteiger partial charge is 0.396 e. The van der Waals surface area contributed by atoms with Crippen LogP contribution in [0.15, 0.2) is 0 Å². The van der Waals surface area contributed by atoms with Crippen LogP contribution in [-0.4, -0.2) is 24.2 Å². The van der Waals surface area contributed by atoms with Crippen LogP contribution in [0, 0.1) is 28.1 Å². The molecule has 2 atom stereocenters. The molecule has 4 fully saturated rings. The molecule has 0 spiro atoms. The Morgan fingerprint density at radius 2 is 1.86 bits per heavy atom. The zero-order valence-corrected chi connectivity index (χ0v) is 13.9. The van der Waals surface area contributed by atoms with E-state index in [0.717, 1.165) is 37.5 Å². The van der Waals surface area contributed by atoms with E-state index in [1.807, 2.05) is 0 Å². The minimum atomic E-state index is -0.0753. The molecule has 1 amide bonds. The van der Waals surface area contributed by atoms with Crippen LogP contribution >= 0.6 is 0 Å². The van der Waals surface area contributed by atoms with Crippen LogP contribution in [0.4, 0.5) is 0 Å². The lowest BCUT2D eigenvalue weighted by molar-refractivity contribution is -0.155. The van der Waals surface area contributed by atoms with E-state index in [2.05, 4.69) is 26.1 Å². The maximum atomic E-state index is 12.9. The van der Waals surface area contributed by atoms with Gasteiger partial charge < -0.3 is 10.4 Å². The van der Waals surface area contributed by atoms with Crippen LogP contribution in [0.5, 0.6) is 0 Å². The second-order valence-corrected chi connectivity index (χ2v) is 9.37. The minimum Gasteiger partial charge on any atom is -0.396 e. The molecule has 4 saturated carbocycles. The van der Waals surface area contributed by atoms with E-state index in [1.165, 1.54) is 19.3 Å². The third-order valence-corrected chi connectivity index (χ3v) is 6.35. The van der Waals surface area contributed by atoms with Gasteiger partial charge in [-0.15, -0.1) is 0 Å². The van der Waals surface area contributed by atoms with Crippen molar-refractivity contribution in [1.82, 2.24) is 5.32 Å². The number of hydrogen-bond donors (Lipinski definition) is 2. The molecule has 0 aliphatic heterocycles. The number of carbonyl (C=O) groups is 1. The van der Waals surface area contributed by atoms with E-state index in [1.54, 1.807) is 0 Å². The second kappa shape index (κ2) is 4.97. The van der Waals surface area contributed by atoms with Crippen molar-refractivity contribution in [3.05, 3.63) is 0 Å². The summed E-state index contributed by atoms with van der Waals surface area (Å²) in [6.07, 6.45) is 8.11. The van der Waals surface area contributed by atoms with Gasteiger partial charge in [0.15, 0.2) is 0 Å². The molecule has 4 rings (SSSR count). The number of amides is 1. The van der Waals surface area contributed by atoms with E-state index in [-0.39, 0.29) is 17.4 Å². The minimum absolute atomic E-state index is 0.0173. The smallest absolute Gasteiger partial charge is 0.226 e.